The van der Waals surface area contributed by atoms with Crippen LogP contribution in [0.4, 0.5) is 0 Å². The molecule has 0 bridgehead atoms. The first-order valence-electron chi connectivity index (χ1n) is 7.33. The second-order valence-electron chi connectivity index (χ2n) is 5.75. The number of nitrogens with two attached hydrogens (primary N) is 1. The normalized spacial score (nSPS) is 19.0. The van der Waals surface area contributed by atoms with Gasteiger partial charge in [-0.1, -0.05) is 27.2 Å². The van der Waals surface area contributed by atoms with Gasteiger partial charge in [-0.25, -0.2) is 0 Å². The Kier molecular flexibility index (Phi) is 9.40. The lowest BCUT2D eigenvalue weighted by Gasteiger charge is -2.33. The third-order valence-electron chi connectivity index (χ3n) is 3.78. The number of rotatable bonds is 6. The van der Waals surface area contributed by atoms with Gasteiger partial charge in [-0.3, -0.25) is 4.79 Å². The Morgan fingerprint density at radius 2 is 1.95 bits per heavy atom. The summed E-state index contributed by atoms with van der Waals surface area (Å²) in [6.45, 7) is 9.59. The van der Waals surface area contributed by atoms with Crippen molar-refractivity contribution in [1.82, 2.24) is 10.2 Å². The van der Waals surface area contributed by atoms with Crippen LogP contribution in [0.2, 0.25) is 0 Å². The Balaban J connectivity index is 0.00000324. The summed E-state index contributed by atoms with van der Waals surface area (Å²) in [6.07, 6.45) is 4.63. The highest BCUT2D eigenvalue weighted by atomic mass is 35.5. The molecule has 0 aromatic rings. The maximum absolute atomic E-state index is 11.9. The Bertz CT molecular complexity index is 253. The zero-order valence-corrected chi connectivity index (χ0v) is 13.3. The molecule has 1 rings (SSSR count). The quantitative estimate of drug-likeness (QED) is 0.784. The number of carbonyl (C=O) groups is 1. The first kappa shape index (κ1) is 18.7. The average Bonchev–Trinajstić information content (AvgIpc) is 2.36. The Labute approximate surface area is 123 Å². The number of likely N-dealkylation sites (tertiary alicyclic amines) is 1. The summed E-state index contributed by atoms with van der Waals surface area (Å²) in [4.78, 5) is 14.4. The fourth-order valence-corrected chi connectivity index (χ4v) is 2.28. The average molecular weight is 292 g/mol. The molecule has 0 aromatic heterocycles. The van der Waals surface area contributed by atoms with Crippen LogP contribution in [0.1, 0.15) is 46.5 Å². The van der Waals surface area contributed by atoms with E-state index in [1.807, 2.05) is 13.8 Å². The predicted octanol–water partition coefficient (Wildman–Crippen LogP) is 1.77. The highest BCUT2D eigenvalue weighted by molar-refractivity contribution is 5.85. The molecule has 1 aliphatic rings. The van der Waals surface area contributed by atoms with Crippen molar-refractivity contribution in [1.29, 1.82) is 0 Å². The number of hydrogen-bond donors (Lipinski definition) is 2. The number of amides is 1. The summed E-state index contributed by atoms with van der Waals surface area (Å²) >= 11 is 0. The van der Waals surface area contributed by atoms with Crippen molar-refractivity contribution in [2.75, 3.05) is 19.6 Å². The maximum atomic E-state index is 11.9. The molecule has 4 nitrogen and oxygen atoms in total. The van der Waals surface area contributed by atoms with Crippen LogP contribution >= 0.6 is 12.4 Å². The molecule has 19 heavy (non-hydrogen) atoms. The summed E-state index contributed by atoms with van der Waals surface area (Å²) in [5.74, 6) is 0.214. The van der Waals surface area contributed by atoms with E-state index in [9.17, 15) is 4.79 Å². The molecular formula is C14H30ClN3O. The number of piperidine rings is 1. The molecule has 1 amide bonds. The van der Waals surface area contributed by atoms with Crippen molar-refractivity contribution in [3.8, 4) is 0 Å². The highest BCUT2D eigenvalue weighted by Gasteiger charge is 2.23. The first-order valence-corrected chi connectivity index (χ1v) is 7.33. The Morgan fingerprint density at radius 3 is 2.42 bits per heavy atom. The van der Waals surface area contributed by atoms with Gasteiger partial charge >= 0.3 is 0 Å². The Morgan fingerprint density at radius 1 is 1.37 bits per heavy atom. The van der Waals surface area contributed by atoms with Crippen LogP contribution in [0.15, 0.2) is 0 Å². The van der Waals surface area contributed by atoms with E-state index in [1.54, 1.807) is 0 Å². The second kappa shape index (κ2) is 9.56. The molecule has 0 radical (unpaired) electrons. The molecule has 5 heteroatoms. The van der Waals surface area contributed by atoms with E-state index in [-0.39, 0.29) is 30.3 Å². The standard InChI is InChI=1S/C14H29N3O.ClH/c1-4-5-8-17-9-6-12(7-10-17)16-14(18)13(15)11(2)3;/h11-13H,4-10,15H2,1-3H3,(H,16,18);1H/t13-;/m0./s1. The first-order chi connectivity index (χ1) is 8.54. The van der Waals surface area contributed by atoms with E-state index in [1.165, 1.54) is 19.4 Å². The fourth-order valence-electron chi connectivity index (χ4n) is 2.28. The number of hydrogen-bond acceptors (Lipinski definition) is 3. The van der Waals surface area contributed by atoms with Gasteiger partial charge in [0.25, 0.3) is 0 Å². The van der Waals surface area contributed by atoms with Crippen LogP contribution in [-0.2, 0) is 4.79 Å². The molecule has 1 aliphatic heterocycles. The third-order valence-corrected chi connectivity index (χ3v) is 3.78. The van der Waals surface area contributed by atoms with Gasteiger partial charge in [0.05, 0.1) is 6.04 Å². The molecule has 0 unspecified atom stereocenters. The summed E-state index contributed by atoms with van der Waals surface area (Å²) in [5.41, 5.74) is 5.85. The van der Waals surface area contributed by atoms with Crippen molar-refractivity contribution in [3.63, 3.8) is 0 Å². The van der Waals surface area contributed by atoms with Crippen LogP contribution in [-0.4, -0.2) is 42.5 Å². The second-order valence-corrected chi connectivity index (χ2v) is 5.75. The highest BCUT2D eigenvalue weighted by Crippen LogP contribution is 2.11. The zero-order chi connectivity index (χ0) is 13.5. The zero-order valence-electron chi connectivity index (χ0n) is 12.5. The summed E-state index contributed by atoms with van der Waals surface area (Å²) in [6, 6.07) is -0.0525. The maximum Gasteiger partial charge on any atom is 0.237 e. The minimum Gasteiger partial charge on any atom is -0.352 e. The molecule has 3 N–H and O–H groups in total. The lowest BCUT2D eigenvalue weighted by molar-refractivity contribution is -0.124. The van der Waals surface area contributed by atoms with Crippen LogP contribution in [0.25, 0.3) is 0 Å². The molecule has 1 atom stereocenters. The number of nitrogens with zero attached hydrogens (tertiary/aromatic N) is 1. The summed E-state index contributed by atoms with van der Waals surface area (Å²) in [5, 5.41) is 3.09. The minimum atomic E-state index is -0.372. The van der Waals surface area contributed by atoms with Crippen LogP contribution < -0.4 is 11.1 Å². The van der Waals surface area contributed by atoms with Crippen molar-refractivity contribution in [2.24, 2.45) is 11.7 Å². The SMILES string of the molecule is CCCCN1CCC(NC(=O)[C@@H](N)C(C)C)CC1.Cl. The molecule has 1 saturated heterocycles. The predicted molar refractivity (Wildman–Crippen MR) is 82.6 cm³/mol. The van der Waals surface area contributed by atoms with E-state index in [2.05, 4.69) is 17.1 Å². The van der Waals surface area contributed by atoms with Gasteiger partial charge in [0.1, 0.15) is 0 Å². The molecule has 1 heterocycles. The number of carbonyl (C=O) groups excluding carboxylic acids is 1. The molecule has 0 saturated carbocycles. The molecule has 1 fully saturated rings. The van der Waals surface area contributed by atoms with Crippen molar-refractivity contribution in [3.05, 3.63) is 0 Å². The van der Waals surface area contributed by atoms with E-state index >= 15 is 0 Å². The van der Waals surface area contributed by atoms with Gasteiger partial charge in [0.2, 0.25) is 5.91 Å². The molecule has 0 aromatic carbocycles. The summed E-state index contributed by atoms with van der Waals surface area (Å²) < 4.78 is 0. The van der Waals surface area contributed by atoms with Crippen molar-refractivity contribution < 1.29 is 4.79 Å². The summed E-state index contributed by atoms with van der Waals surface area (Å²) in [7, 11) is 0. The molecule has 114 valence electrons. The van der Waals surface area contributed by atoms with E-state index in [4.69, 9.17) is 5.73 Å². The lowest BCUT2D eigenvalue weighted by atomic mass is 10.0. The fraction of sp³-hybridized carbons (Fsp3) is 0.929. The number of nitrogens with one attached hydrogen (secondary N) is 1. The van der Waals surface area contributed by atoms with Crippen molar-refractivity contribution in [2.45, 2.75) is 58.5 Å². The van der Waals surface area contributed by atoms with Gasteiger partial charge in [0, 0.05) is 19.1 Å². The van der Waals surface area contributed by atoms with Gasteiger partial charge in [-0.15, -0.1) is 12.4 Å². The Hall–Kier alpha value is -0.320. The van der Waals surface area contributed by atoms with Gasteiger partial charge in [0.15, 0.2) is 0 Å². The lowest BCUT2D eigenvalue weighted by Crippen LogP contribution is -2.51. The largest absolute Gasteiger partial charge is 0.352 e. The minimum absolute atomic E-state index is 0. The van der Waals surface area contributed by atoms with Gasteiger partial charge in [-0.05, 0) is 31.7 Å². The number of halogens is 1. The van der Waals surface area contributed by atoms with E-state index in [0.29, 0.717) is 6.04 Å². The van der Waals surface area contributed by atoms with Crippen molar-refractivity contribution >= 4 is 18.3 Å². The van der Waals surface area contributed by atoms with E-state index in [0.717, 1.165) is 25.9 Å². The van der Waals surface area contributed by atoms with Crippen LogP contribution in [0.3, 0.4) is 0 Å². The molecule has 0 aliphatic carbocycles. The van der Waals surface area contributed by atoms with Gasteiger partial charge in [-0.2, -0.15) is 0 Å². The van der Waals surface area contributed by atoms with Crippen LogP contribution in [0, 0.1) is 5.92 Å². The van der Waals surface area contributed by atoms with E-state index < -0.39 is 0 Å². The topological polar surface area (TPSA) is 58.4 Å². The smallest absolute Gasteiger partial charge is 0.237 e. The molecule has 0 spiro atoms. The number of unbranched alkanes of at least 4 members (excludes halogenated alkanes) is 1. The molecular weight excluding hydrogens is 262 g/mol. The monoisotopic (exact) mass is 291 g/mol. The van der Waals surface area contributed by atoms with Gasteiger partial charge < -0.3 is 16.0 Å². The third kappa shape index (κ3) is 6.59. The van der Waals surface area contributed by atoms with Crippen LogP contribution in [0.5, 0.6) is 0 Å².